The SMILES string of the molecule is N#Cc1cc(Br)c2oc(F)cc2c1. The largest absolute Gasteiger partial charge is 0.430 e. The van der Waals surface area contributed by atoms with Crippen molar-refractivity contribution in [2.75, 3.05) is 0 Å². The van der Waals surface area contributed by atoms with Crippen LogP contribution >= 0.6 is 15.9 Å². The molecule has 0 N–H and O–H groups in total. The van der Waals surface area contributed by atoms with Crippen LogP contribution in [0.15, 0.2) is 27.1 Å². The van der Waals surface area contributed by atoms with Crippen LogP contribution in [0.25, 0.3) is 11.0 Å². The molecule has 0 radical (unpaired) electrons. The third kappa shape index (κ3) is 1.31. The maximum atomic E-state index is 12.7. The summed E-state index contributed by atoms with van der Waals surface area (Å²) >= 11 is 3.19. The van der Waals surface area contributed by atoms with Crippen molar-refractivity contribution in [3.8, 4) is 6.07 Å². The summed E-state index contributed by atoms with van der Waals surface area (Å²) in [6, 6.07) is 5.74. The summed E-state index contributed by atoms with van der Waals surface area (Å²) in [5.74, 6) is 0. The topological polar surface area (TPSA) is 36.9 Å². The van der Waals surface area contributed by atoms with Crippen LogP contribution in [-0.4, -0.2) is 0 Å². The fourth-order valence-corrected chi connectivity index (χ4v) is 1.70. The molecular weight excluding hydrogens is 237 g/mol. The maximum absolute atomic E-state index is 12.7. The molecule has 4 heteroatoms. The molecule has 2 nitrogen and oxygen atoms in total. The van der Waals surface area contributed by atoms with E-state index >= 15 is 0 Å². The Hall–Kier alpha value is -1.34. The van der Waals surface area contributed by atoms with Crippen molar-refractivity contribution in [1.29, 1.82) is 5.26 Å². The number of fused-ring (bicyclic) bond motifs is 1. The van der Waals surface area contributed by atoms with Gasteiger partial charge in [0, 0.05) is 11.5 Å². The number of halogens is 2. The minimum absolute atomic E-state index is 0.427. The number of hydrogen-bond acceptors (Lipinski definition) is 2. The van der Waals surface area contributed by atoms with E-state index in [9.17, 15) is 4.39 Å². The highest BCUT2D eigenvalue weighted by molar-refractivity contribution is 9.10. The van der Waals surface area contributed by atoms with Crippen LogP contribution in [0.1, 0.15) is 5.56 Å². The molecule has 0 unspecified atom stereocenters. The molecular formula is C9H3BrFNO. The van der Waals surface area contributed by atoms with E-state index in [-0.39, 0.29) is 0 Å². The van der Waals surface area contributed by atoms with Crippen LogP contribution in [0.3, 0.4) is 0 Å². The molecule has 1 aromatic heterocycles. The molecule has 0 aliphatic rings. The van der Waals surface area contributed by atoms with Gasteiger partial charge in [0.25, 0.3) is 6.01 Å². The van der Waals surface area contributed by atoms with Crippen molar-refractivity contribution in [3.63, 3.8) is 0 Å². The van der Waals surface area contributed by atoms with E-state index in [0.717, 1.165) is 0 Å². The monoisotopic (exact) mass is 239 g/mol. The number of hydrogen-bond donors (Lipinski definition) is 0. The Morgan fingerprint density at radius 2 is 2.15 bits per heavy atom. The molecule has 0 aliphatic carbocycles. The van der Waals surface area contributed by atoms with Gasteiger partial charge in [-0.2, -0.15) is 9.65 Å². The molecule has 0 saturated carbocycles. The molecule has 0 atom stereocenters. The zero-order chi connectivity index (χ0) is 9.42. The number of furan rings is 1. The van der Waals surface area contributed by atoms with E-state index < -0.39 is 6.01 Å². The molecule has 1 aromatic carbocycles. The summed E-state index contributed by atoms with van der Waals surface area (Å²) in [4.78, 5) is 0. The van der Waals surface area contributed by atoms with Gasteiger partial charge >= 0.3 is 0 Å². The van der Waals surface area contributed by atoms with Gasteiger partial charge in [0.05, 0.1) is 16.1 Å². The second kappa shape index (κ2) is 2.86. The molecule has 2 aromatic rings. The van der Waals surface area contributed by atoms with Crippen molar-refractivity contribution in [1.82, 2.24) is 0 Å². The highest BCUT2D eigenvalue weighted by Gasteiger charge is 2.07. The molecule has 2 rings (SSSR count). The third-order valence-corrected chi connectivity index (χ3v) is 2.26. The van der Waals surface area contributed by atoms with Crippen molar-refractivity contribution in [3.05, 3.63) is 34.2 Å². The van der Waals surface area contributed by atoms with Crippen molar-refractivity contribution >= 4 is 26.9 Å². The Kier molecular flexibility index (Phi) is 1.82. The Labute approximate surface area is 81.7 Å². The Balaban J connectivity index is 2.85. The van der Waals surface area contributed by atoms with Crippen molar-refractivity contribution < 1.29 is 8.81 Å². The Morgan fingerprint density at radius 3 is 2.85 bits per heavy atom. The van der Waals surface area contributed by atoms with E-state index in [4.69, 9.17) is 9.68 Å². The van der Waals surface area contributed by atoms with Gasteiger partial charge in [-0.1, -0.05) is 0 Å². The van der Waals surface area contributed by atoms with Crippen LogP contribution in [-0.2, 0) is 0 Å². The first-order valence-electron chi connectivity index (χ1n) is 3.49. The fourth-order valence-electron chi connectivity index (χ4n) is 1.14. The normalized spacial score (nSPS) is 10.2. The second-order valence-corrected chi connectivity index (χ2v) is 3.39. The Morgan fingerprint density at radius 1 is 1.38 bits per heavy atom. The molecule has 13 heavy (non-hydrogen) atoms. The van der Waals surface area contributed by atoms with E-state index in [1.807, 2.05) is 6.07 Å². The molecule has 0 fully saturated rings. The zero-order valence-corrected chi connectivity index (χ0v) is 7.93. The first-order chi connectivity index (χ1) is 6.20. The third-order valence-electron chi connectivity index (χ3n) is 1.67. The molecule has 0 amide bonds. The molecule has 1 heterocycles. The molecule has 0 bridgehead atoms. The zero-order valence-electron chi connectivity index (χ0n) is 6.34. The summed E-state index contributed by atoms with van der Waals surface area (Å²) in [5.41, 5.74) is 0.900. The number of nitriles is 1. The van der Waals surface area contributed by atoms with Gasteiger partial charge in [0.1, 0.15) is 0 Å². The lowest BCUT2D eigenvalue weighted by molar-refractivity contribution is 0.380. The lowest BCUT2D eigenvalue weighted by atomic mass is 10.2. The van der Waals surface area contributed by atoms with E-state index in [1.165, 1.54) is 6.07 Å². The number of benzene rings is 1. The Bertz CT molecular complexity index is 512. The van der Waals surface area contributed by atoms with Crippen molar-refractivity contribution in [2.24, 2.45) is 0 Å². The van der Waals surface area contributed by atoms with Gasteiger partial charge in [-0.3, -0.25) is 0 Å². The molecule has 64 valence electrons. The van der Waals surface area contributed by atoms with Gasteiger partial charge in [0.15, 0.2) is 5.58 Å². The van der Waals surface area contributed by atoms with Gasteiger partial charge in [-0.05, 0) is 28.1 Å². The summed E-state index contributed by atoms with van der Waals surface area (Å²) in [7, 11) is 0. The van der Waals surface area contributed by atoms with Crippen LogP contribution in [0.2, 0.25) is 0 Å². The van der Waals surface area contributed by atoms with Crippen LogP contribution < -0.4 is 0 Å². The van der Waals surface area contributed by atoms with Gasteiger partial charge in [-0.15, -0.1) is 0 Å². The summed E-state index contributed by atoms with van der Waals surface area (Å²) in [6.07, 6.45) is 0. The van der Waals surface area contributed by atoms with E-state index in [1.54, 1.807) is 12.1 Å². The quantitative estimate of drug-likeness (QED) is 0.708. The minimum atomic E-state index is -0.647. The highest BCUT2D eigenvalue weighted by atomic mass is 79.9. The maximum Gasteiger partial charge on any atom is 0.278 e. The molecule has 0 saturated heterocycles. The summed E-state index contributed by atoms with van der Waals surface area (Å²) in [5, 5.41) is 9.22. The van der Waals surface area contributed by atoms with Crippen molar-refractivity contribution in [2.45, 2.75) is 0 Å². The highest BCUT2D eigenvalue weighted by Crippen LogP contribution is 2.27. The molecule has 0 spiro atoms. The molecule has 0 aliphatic heterocycles. The van der Waals surface area contributed by atoms with Crippen LogP contribution in [0.5, 0.6) is 0 Å². The van der Waals surface area contributed by atoms with E-state index in [2.05, 4.69) is 15.9 Å². The second-order valence-electron chi connectivity index (χ2n) is 2.54. The van der Waals surface area contributed by atoms with E-state index in [0.29, 0.717) is 21.0 Å². The lowest BCUT2D eigenvalue weighted by Gasteiger charge is -1.92. The van der Waals surface area contributed by atoms with Gasteiger partial charge in [0.2, 0.25) is 0 Å². The first kappa shape index (κ1) is 8.27. The number of rotatable bonds is 0. The standard InChI is InChI=1S/C9H3BrFNO/c10-7-2-5(4-12)1-6-3-8(11)13-9(6)7/h1-3H. The predicted molar refractivity (Wildman–Crippen MR) is 48.6 cm³/mol. The van der Waals surface area contributed by atoms with Gasteiger partial charge < -0.3 is 4.42 Å². The average molecular weight is 240 g/mol. The predicted octanol–water partition coefficient (Wildman–Crippen LogP) is 3.21. The lowest BCUT2D eigenvalue weighted by Crippen LogP contribution is -1.74. The summed E-state index contributed by atoms with van der Waals surface area (Å²) in [6.45, 7) is 0. The van der Waals surface area contributed by atoms with Crippen LogP contribution in [0.4, 0.5) is 4.39 Å². The minimum Gasteiger partial charge on any atom is -0.430 e. The summed E-state index contributed by atoms with van der Waals surface area (Å²) < 4.78 is 18.0. The smallest absolute Gasteiger partial charge is 0.278 e. The average Bonchev–Trinajstić information content (AvgIpc) is 2.46. The fraction of sp³-hybridized carbons (Fsp3) is 0. The number of nitrogens with zero attached hydrogens (tertiary/aromatic N) is 1. The van der Waals surface area contributed by atoms with Crippen LogP contribution in [0, 0.1) is 17.3 Å². The van der Waals surface area contributed by atoms with Gasteiger partial charge in [-0.25, -0.2) is 0 Å². The first-order valence-corrected chi connectivity index (χ1v) is 4.28.